The average Bonchev–Trinajstić information content (AvgIpc) is 2.49. The molecular weight excluding hydrogens is 357 g/mol. The number of rotatable bonds is 3. The molecule has 0 saturated heterocycles. The minimum absolute atomic E-state index is 0.0626. The first-order valence-corrected chi connectivity index (χ1v) is 9.32. The molecule has 1 aromatic rings. The molecule has 7 heteroatoms. The van der Waals surface area contributed by atoms with Crippen molar-refractivity contribution in [2.75, 3.05) is 0 Å². The van der Waals surface area contributed by atoms with Crippen LogP contribution in [-0.2, 0) is 14.8 Å². The third-order valence-electron chi connectivity index (χ3n) is 3.66. The summed E-state index contributed by atoms with van der Waals surface area (Å²) in [6.45, 7) is 5.14. The van der Waals surface area contributed by atoms with Crippen molar-refractivity contribution in [1.29, 1.82) is 0 Å². The van der Waals surface area contributed by atoms with Crippen molar-refractivity contribution in [2.24, 2.45) is 10.3 Å². The highest BCUT2D eigenvalue weighted by Gasteiger charge is 2.46. The van der Waals surface area contributed by atoms with E-state index in [2.05, 4.69) is 4.40 Å². The van der Waals surface area contributed by atoms with Gasteiger partial charge in [-0.1, -0.05) is 32.0 Å². The highest BCUT2D eigenvalue weighted by Crippen LogP contribution is 2.36. The van der Waals surface area contributed by atoms with Crippen LogP contribution in [-0.4, -0.2) is 30.2 Å². The van der Waals surface area contributed by atoms with E-state index in [1.165, 1.54) is 25.1 Å². The maximum Gasteiger partial charge on any atom is 0.282 e. The zero-order valence-electron chi connectivity index (χ0n) is 13.0. The zero-order valence-corrected chi connectivity index (χ0v) is 15.3. The number of benzene rings is 1. The highest BCUT2D eigenvalue weighted by atomic mass is 35.5. The number of sulfonamides is 1. The van der Waals surface area contributed by atoms with Crippen LogP contribution < -0.4 is 0 Å². The largest absolute Gasteiger partial charge is 0.293 e. The first-order valence-electron chi connectivity index (χ1n) is 7.06. The van der Waals surface area contributed by atoms with Crippen molar-refractivity contribution in [3.63, 3.8) is 0 Å². The normalized spacial score (nSPS) is 27.4. The Kier molecular flexibility index (Phi) is 5.04. The van der Waals surface area contributed by atoms with Crippen LogP contribution in [0.15, 0.2) is 51.3 Å². The van der Waals surface area contributed by atoms with Crippen LogP contribution in [0.5, 0.6) is 0 Å². The van der Waals surface area contributed by atoms with Gasteiger partial charge in [0, 0.05) is 0 Å². The Bertz CT molecular complexity index is 781. The summed E-state index contributed by atoms with van der Waals surface area (Å²) in [6.07, 6.45) is 1.34. The third kappa shape index (κ3) is 3.52. The number of nitrogens with zero attached hydrogens (tertiary/aromatic N) is 1. The second-order valence-electron chi connectivity index (χ2n) is 5.82. The fourth-order valence-electron chi connectivity index (χ4n) is 2.22. The summed E-state index contributed by atoms with van der Waals surface area (Å²) in [5.41, 5.74) is 0.621. The van der Waals surface area contributed by atoms with Gasteiger partial charge >= 0.3 is 0 Å². The number of carbonyl (C=O) groups is 1. The Morgan fingerprint density at radius 2 is 1.78 bits per heavy atom. The molecule has 0 bridgehead atoms. The van der Waals surface area contributed by atoms with E-state index in [-0.39, 0.29) is 22.3 Å². The van der Waals surface area contributed by atoms with Gasteiger partial charge in [0.05, 0.1) is 10.6 Å². The van der Waals surface area contributed by atoms with Gasteiger partial charge in [-0.05, 0) is 36.6 Å². The maximum atomic E-state index is 12.5. The van der Waals surface area contributed by atoms with Gasteiger partial charge in [0.1, 0.15) is 10.3 Å². The standard InChI is InChI=1S/C16H17Cl2NO3S/c1-10(2)12-9-13(20)16(3,18)15(17)14(12)19-23(21,22)11-7-5-4-6-8-11/h4-10,15H,1-3H3/b19-14+. The fraction of sp³-hybridized carbons (Fsp3) is 0.375. The number of ketones is 1. The van der Waals surface area contributed by atoms with Crippen LogP contribution >= 0.6 is 23.2 Å². The Labute approximate surface area is 146 Å². The summed E-state index contributed by atoms with van der Waals surface area (Å²) < 4.78 is 28.9. The summed E-state index contributed by atoms with van der Waals surface area (Å²) >= 11 is 12.5. The van der Waals surface area contributed by atoms with Gasteiger partial charge in [0.25, 0.3) is 10.0 Å². The van der Waals surface area contributed by atoms with Crippen molar-refractivity contribution >= 4 is 44.7 Å². The summed E-state index contributed by atoms with van der Waals surface area (Å²) in [7, 11) is -3.93. The molecule has 0 N–H and O–H groups in total. The lowest BCUT2D eigenvalue weighted by molar-refractivity contribution is -0.116. The van der Waals surface area contributed by atoms with Crippen molar-refractivity contribution < 1.29 is 13.2 Å². The molecule has 0 aromatic heterocycles. The van der Waals surface area contributed by atoms with Gasteiger partial charge in [-0.15, -0.1) is 23.2 Å². The molecule has 4 nitrogen and oxygen atoms in total. The molecule has 23 heavy (non-hydrogen) atoms. The third-order valence-corrected chi connectivity index (χ3v) is 6.13. The summed E-state index contributed by atoms with van der Waals surface area (Å²) in [6, 6.07) is 7.84. The van der Waals surface area contributed by atoms with Gasteiger partial charge in [-0.2, -0.15) is 12.8 Å². The van der Waals surface area contributed by atoms with Gasteiger partial charge < -0.3 is 0 Å². The Hall–Kier alpha value is -1.17. The Morgan fingerprint density at radius 3 is 2.30 bits per heavy atom. The van der Waals surface area contributed by atoms with Crippen LogP contribution in [0.3, 0.4) is 0 Å². The fourth-order valence-corrected chi connectivity index (χ4v) is 3.79. The summed E-state index contributed by atoms with van der Waals surface area (Å²) in [5.74, 6) is -0.461. The molecule has 0 spiro atoms. The molecule has 2 unspecified atom stereocenters. The molecule has 0 saturated carbocycles. The smallest absolute Gasteiger partial charge is 0.282 e. The van der Waals surface area contributed by atoms with Crippen molar-refractivity contribution in [3.8, 4) is 0 Å². The SMILES string of the molecule is CC(C)C1=CC(=O)C(C)(Cl)C(Cl)/C1=N/S(=O)(=O)c1ccccc1. The molecule has 1 aromatic carbocycles. The van der Waals surface area contributed by atoms with E-state index in [0.29, 0.717) is 5.57 Å². The van der Waals surface area contributed by atoms with E-state index in [9.17, 15) is 13.2 Å². The van der Waals surface area contributed by atoms with E-state index in [1.54, 1.807) is 18.2 Å². The van der Waals surface area contributed by atoms with E-state index in [0.717, 1.165) is 0 Å². The lowest BCUT2D eigenvalue weighted by Crippen LogP contribution is -2.47. The number of carbonyl (C=O) groups excluding carboxylic acids is 1. The molecular formula is C16H17Cl2NO3S. The number of allylic oxidation sites excluding steroid dienone is 2. The van der Waals surface area contributed by atoms with Crippen molar-refractivity contribution in [2.45, 2.75) is 35.9 Å². The molecule has 2 rings (SSSR count). The molecule has 0 aliphatic heterocycles. The molecule has 0 heterocycles. The van der Waals surface area contributed by atoms with Gasteiger partial charge in [-0.25, -0.2) is 0 Å². The number of halogens is 2. The molecule has 2 atom stereocenters. The van der Waals surface area contributed by atoms with Crippen LogP contribution in [0.4, 0.5) is 0 Å². The first kappa shape index (κ1) is 18.2. The van der Waals surface area contributed by atoms with E-state index >= 15 is 0 Å². The maximum absolute atomic E-state index is 12.5. The molecule has 0 amide bonds. The molecule has 0 radical (unpaired) electrons. The Balaban J connectivity index is 2.63. The lowest BCUT2D eigenvalue weighted by atomic mass is 9.82. The van der Waals surface area contributed by atoms with Gasteiger partial charge in [0.2, 0.25) is 0 Å². The van der Waals surface area contributed by atoms with Crippen LogP contribution in [0.1, 0.15) is 20.8 Å². The van der Waals surface area contributed by atoms with Crippen LogP contribution in [0.25, 0.3) is 0 Å². The second-order valence-corrected chi connectivity index (χ2v) is 8.65. The topological polar surface area (TPSA) is 63.6 Å². The molecule has 124 valence electrons. The number of alkyl halides is 2. The average molecular weight is 374 g/mol. The quantitative estimate of drug-likeness (QED) is 0.760. The van der Waals surface area contributed by atoms with Crippen molar-refractivity contribution in [1.82, 2.24) is 0 Å². The predicted molar refractivity (Wildman–Crippen MR) is 92.9 cm³/mol. The lowest BCUT2D eigenvalue weighted by Gasteiger charge is -2.32. The highest BCUT2D eigenvalue weighted by molar-refractivity contribution is 7.90. The minimum Gasteiger partial charge on any atom is -0.293 e. The minimum atomic E-state index is -3.93. The second kappa shape index (κ2) is 6.38. The van der Waals surface area contributed by atoms with E-state index in [4.69, 9.17) is 23.2 Å². The molecule has 0 fully saturated rings. The summed E-state index contributed by atoms with van der Waals surface area (Å²) in [4.78, 5) is 10.8. The predicted octanol–water partition coefficient (Wildman–Crippen LogP) is 3.59. The van der Waals surface area contributed by atoms with Gasteiger partial charge in [0.15, 0.2) is 5.78 Å². The Morgan fingerprint density at radius 1 is 1.22 bits per heavy atom. The van der Waals surface area contributed by atoms with E-state index < -0.39 is 20.3 Å². The van der Waals surface area contributed by atoms with Gasteiger partial charge in [-0.3, -0.25) is 4.79 Å². The summed E-state index contributed by atoms with van der Waals surface area (Å²) in [5, 5.41) is -1.03. The number of hydrogen-bond donors (Lipinski definition) is 0. The van der Waals surface area contributed by atoms with E-state index in [1.807, 2.05) is 13.8 Å². The first-order chi connectivity index (χ1) is 10.6. The van der Waals surface area contributed by atoms with Crippen LogP contribution in [0.2, 0.25) is 0 Å². The monoisotopic (exact) mass is 373 g/mol. The molecule has 1 aliphatic rings. The van der Waals surface area contributed by atoms with Crippen LogP contribution in [0, 0.1) is 5.92 Å². The zero-order chi connectivity index (χ0) is 17.4. The van der Waals surface area contributed by atoms with Crippen molar-refractivity contribution in [3.05, 3.63) is 42.0 Å². The number of hydrogen-bond acceptors (Lipinski definition) is 3. The molecule has 1 aliphatic carbocycles.